The fourth-order valence-corrected chi connectivity index (χ4v) is 2.67. The highest BCUT2D eigenvalue weighted by molar-refractivity contribution is 9.10. The molecule has 1 atom stereocenters. The third kappa shape index (κ3) is 3.84. The SMILES string of the molecule is CCOc1cc(CN)cc(Br)c1OC1CCCOC1. The lowest BCUT2D eigenvalue weighted by Crippen LogP contribution is -2.28. The predicted molar refractivity (Wildman–Crippen MR) is 77.7 cm³/mol. The van der Waals surface area contributed by atoms with E-state index in [1.165, 1.54) is 0 Å². The van der Waals surface area contributed by atoms with Crippen molar-refractivity contribution >= 4 is 15.9 Å². The van der Waals surface area contributed by atoms with Crippen LogP contribution < -0.4 is 15.2 Å². The van der Waals surface area contributed by atoms with Gasteiger partial charge in [-0.1, -0.05) is 0 Å². The number of ether oxygens (including phenoxy) is 3. The molecule has 1 aliphatic heterocycles. The Bertz CT molecular complexity index is 419. The monoisotopic (exact) mass is 329 g/mol. The minimum absolute atomic E-state index is 0.0907. The molecule has 0 saturated carbocycles. The van der Waals surface area contributed by atoms with Crippen molar-refractivity contribution < 1.29 is 14.2 Å². The van der Waals surface area contributed by atoms with Crippen molar-refractivity contribution in [3.63, 3.8) is 0 Å². The molecule has 1 aliphatic rings. The van der Waals surface area contributed by atoms with Crippen LogP contribution in [-0.2, 0) is 11.3 Å². The van der Waals surface area contributed by atoms with Crippen molar-refractivity contribution in [2.75, 3.05) is 19.8 Å². The van der Waals surface area contributed by atoms with E-state index in [2.05, 4.69) is 15.9 Å². The molecule has 1 unspecified atom stereocenters. The number of hydrogen-bond donors (Lipinski definition) is 1. The maximum atomic E-state index is 6.03. The van der Waals surface area contributed by atoms with Crippen LogP contribution in [0.2, 0.25) is 0 Å². The Labute approximate surface area is 122 Å². The molecule has 0 spiro atoms. The molecule has 5 heteroatoms. The molecular weight excluding hydrogens is 310 g/mol. The molecule has 1 aromatic carbocycles. The van der Waals surface area contributed by atoms with E-state index in [1.54, 1.807) is 0 Å². The molecule has 2 rings (SSSR count). The number of hydrogen-bond acceptors (Lipinski definition) is 4. The molecule has 0 amide bonds. The highest BCUT2D eigenvalue weighted by atomic mass is 79.9. The van der Waals surface area contributed by atoms with Crippen molar-refractivity contribution in [3.8, 4) is 11.5 Å². The van der Waals surface area contributed by atoms with E-state index in [4.69, 9.17) is 19.9 Å². The lowest BCUT2D eigenvalue weighted by molar-refractivity contribution is 0.00590. The second kappa shape index (κ2) is 7.12. The van der Waals surface area contributed by atoms with Gasteiger partial charge in [0.2, 0.25) is 0 Å². The fraction of sp³-hybridized carbons (Fsp3) is 0.571. The molecular formula is C14H20BrNO3. The van der Waals surface area contributed by atoms with Gasteiger partial charge in [0.1, 0.15) is 6.10 Å². The lowest BCUT2D eigenvalue weighted by atomic mass is 10.1. The number of benzene rings is 1. The Morgan fingerprint density at radius 2 is 2.32 bits per heavy atom. The summed E-state index contributed by atoms with van der Waals surface area (Å²) in [5.41, 5.74) is 6.70. The zero-order valence-corrected chi connectivity index (χ0v) is 12.7. The van der Waals surface area contributed by atoms with Gasteiger partial charge in [-0.15, -0.1) is 0 Å². The first-order valence-corrected chi connectivity index (χ1v) is 7.43. The van der Waals surface area contributed by atoms with E-state index in [0.29, 0.717) is 19.8 Å². The van der Waals surface area contributed by atoms with Crippen LogP contribution >= 0.6 is 15.9 Å². The van der Waals surface area contributed by atoms with Crippen LogP contribution in [0, 0.1) is 0 Å². The van der Waals surface area contributed by atoms with Gasteiger partial charge in [-0.05, 0) is 53.4 Å². The Hall–Kier alpha value is -0.780. The summed E-state index contributed by atoms with van der Waals surface area (Å²) < 4.78 is 18.0. The third-order valence-corrected chi connectivity index (χ3v) is 3.60. The molecule has 0 aromatic heterocycles. The largest absolute Gasteiger partial charge is 0.490 e. The molecule has 2 N–H and O–H groups in total. The average molecular weight is 330 g/mol. The topological polar surface area (TPSA) is 53.7 Å². The second-order valence-corrected chi connectivity index (χ2v) is 5.35. The lowest BCUT2D eigenvalue weighted by Gasteiger charge is -2.25. The fourth-order valence-electron chi connectivity index (χ4n) is 2.09. The van der Waals surface area contributed by atoms with E-state index in [1.807, 2.05) is 19.1 Å². The molecule has 0 aliphatic carbocycles. The molecule has 1 fully saturated rings. The minimum Gasteiger partial charge on any atom is -0.490 e. The second-order valence-electron chi connectivity index (χ2n) is 4.50. The van der Waals surface area contributed by atoms with Crippen LogP contribution in [0.25, 0.3) is 0 Å². The van der Waals surface area contributed by atoms with E-state index < -0.39 is 0 Å². The molecule has 1 aromatic rings. The summed E-state index contributed by atoms with van der Waals surface area (Å²) >= 11 is 3.53. The summed E-state index contributed by atoms with van der Waals surface area (Å²) in [6.45, 7) is 4.49. The number of nitrogens with two attached hydrogens (primary N) is 1. The zero-order valence-electron chi connectivity index (χ0n) is 11.2. The molecule has 4 nitrogen and oxygen atoms in total. The number of rotatable bonds is 5. The summed E-state index contributed by atoms with van der Waals surface area (Å²) in [5.74, 6) is 1.48. The quantitative estimate of drug-likeness (QED) is 0.902. The Morgan fingerprint density at radius 1 is 1.47 bits per heavy atom. The smallest absolute Gasteiger partial charge is 0.175 e. The maximum absolute atomic E-state index is 6.03. The van der Waals surface area contributed by atoms with Crippen molar-refractivity contribution in [3.05, 3.63) is 22.2 Å². The van der Waals surface area contributed by atoms with Gasteiger partial charge in [0.15, 0.2) is 11.5 Å². The van der Waals surface area contributed by atoms with Gasteiger partial charge in [0.05, 0.1) is 17.7 Å². The van der Waals surface area contributed by atoms with Crippen molar-refractivity contribution in [1.82, 2.24) is 0 Å². The minimum atomic E-state index is 0.0907. The average Bonchev–Trinajstić information content (AvgIpc) is 2.43. The van der Waals surface area contributed by atoms with Crippen molar-refractivity contribution in [2.24, 2.45) is 5.73 Å². The van der Waals surface area contributed by atoms with Gasteiger partial charge in [-0.2, -0.15) is 0 Å². The molecule has 106 valence electrons. The summed E-state index contributed by atoms with van der Waals surface area (Å²) in [4.78, 5) is 0. The van der Waals surface area contributed by atoms with E-state index in [-0.39, 0.29) is 6.10 Å². The molecule has 0 bridgehead atoms. The normalized spacial score (nSPS) is 19.2. The van der Waals surface area contributed by atoms with Gasteiger partial charge < -0.3 is 19.9 Å². The summed E-state index contributed by atoms with van der Waals surface area (Å²) in [6.07, 6.45) is 2.14. The Kier molecular flexibility index (Phi) is 5.48. The van der Waals surface area contributed by atoms with Gasteiger partial charge in [0, 0.05) is 13.2 Å². The number of halogens is 1. The maximum Gasteiger partial charge on any atom is 0.175 e. The Morgan fingerprint density at radius 3 is 2.95 bits per heavy atom. The van der Waals surface area contributed by atoms with Gasteiger partial charge >= 0.3 is 0 Å². The molecule has 0 radical (unpaired) electrons. The van der Waals surface area contributed by atoms with Crippen molar-refractivity contribution in [1.29, 1.82) is 0 Å². The molecule has 19 heavy (non-hydrogen) atoms. The first-order valence-electron chi connectivity index (χ1n) is 6.64. The highest BCUT2D eigenvalue weighted by Crippen LogP contribution is 2.38. The van der Waals surface area contributed by atoms with E-state index >= 15 is 0 Å². The van der Waals surface area contributed by atoms with Crippen LogP contribution in [0.5, 0.6) is 11.5 Å². The van der Waals surface area contributed by atoms with Crippen LogP contribution in [0.4, 0.5) is 0 Å². The standard InChI is InChI=1S/C14H20BrNO3/c1-2-18-13-7-10(8-16)6-12(15)14(13)19-11-4-3-5-17-9-11/h6-7,11H,2-5,8-9,16H2,1H3. The third-order valence-electron chi connectivity index (χ3n) is 3.01. The van der Waals surface area contributed by atoms with Gasteiger partial charge in [-0.3, -0.25) is 0 Å². The van der Waals surface area contributed by atoms with E-state index in [0.717, 1.165) is 41.0 Å². The van der Waals surface area contributed by atoms with Crippen LogP contribution in [0.3, 0.4) is 0 Å². The summed E-state index contributed by atoms with van der Waals surface area (Å²) in [6, 6.07) is 3.91. The summed E-state index contributed by atoms with van der Waals surface area (Å²) in [5, 5.41) is 0. The van der Waals surface area contributed by atoms with Crippen LogP contribution in [0.1, 0.15) is 25.3 Å². The highest BCUT2D eigenvalue weighted by Gasteiger charge is 2.20. The first-order chi connectivity index (χ1) is 9.24. The molecule has 1 heterocycles. The first kappa shape index (κ1) is 14.6. The van der Waals surface area contributed by atoms with Gasteiger partial charge in [0.25, 0.3) is 0 Å². The zero-order chi connectivity index (χ0) is 13.7. The van der Waals surface area contributed by atoms with Gasteiger partial charge in [-0.25, -0.2) is 0 Å². The summed E-state index contributed by atoms with van der Waals surface area (Å²) in [7, 11) is 0. The van der Waals surface area contributed by atoms with E-state index in [9.17, 15) is 0 Å². The molecule has 1 saturated heterocycles. The van der Waals surface area contributed by atoms with Crippen LogP contribution in [-0.4, -0.2) is 25.9 Å². The van der Waals surface area contributed by atoms with Crippen molar-refractivity contribution in [2.45, 2.75) is 32.4 Å². The van der Waals surface area contributed by atoms with Crippen LogP contribution in [0.15, 0.2) is 16.6 Å². The predicted octanol–water partition coefficient (Wildman–Crippen LogP) is 2.86. The Balaban J connectivity index is 2.20.